The van der Waals surface area contributed by atoms with Crippen LogP contribution in [-0.4, -0.2) is 35.8 Å². The number of ether oxygens (including phenoxy) is 1. The molecule has 2 atom stereocenters. The lowest BCUT2D eigenvalue weighted by molar-refractivity contribution is 0.00334. The smallest absolute Gasteiger partial charge is 0.127 e. The van der Waals surface area contributed by atoms with Crippen molar-refractivity contribution in [1.82, 2.24) is 4.90 Å². The molecule has 100 valence electrons. The van der Waals surface area contributed by atoms with E-state index in [2.05, 4.69) is 44.7 Å². The fraction of sp³-hybridized carbons (Fsp3) is 0.600. The van der Waals surface area contributed by atoms with Crippen LogP contribution in [-0.2, 0) is 0 Å². The first-order chi connectivity index (χ1) is 8.60. The van der Waals surface area contributed by atoms with Crippen molar-refractivity contribution in [2.45, 2.75) is 39.8 Å². The molecule has 0 saturated heterocycles. The first-order valence-electron chi connectivity index (χ1n) is 6.75. The molecular formula is C15H23NO2. The van der Waals surface area contributed by atoms with E-state index < -0.39 is 6.10 Å². The second-order valence-electron chi connectivity index (χ2n) is 4.97. The lowest BCUT2D eigenvalue weighted by Crippen LogP contribution is -2.42. The van der Waals surface area contributed by atoms with Gasteiger partial charge in [0.25, 0.3) is 0 Å². The molecule has 1 heterocycles. The van der Waals surface area contributed by atoms with Crippen LogP contribution in [0.4, 0.5) is 0 Å². The van der Waals surface area contributed by atoms with Gasteiger partial charge in [-0.25, -0.2) is 0 Å². The Morgan fingerprint density at radius 3 is 2.56 bits per heavy atom. The van der Waals surface area contributed by atoms with Gasteiger partial charge in [-0.15, -0.1) is 0 Å². The number of fused-ring (bicyclic) bond motifs is 1. The zero-order valence-electron chi connectivity index (χ0n) is 11.7. The number of likely N-dealkylation sites (N-methyl/N-ethyl adjacent to an activating group) is 1. The normalized spacial score (nSPS) is 22.8. The Hall–Kier alpha value is -1.06. The summed E-state index contributed by atoms with van der Waals surface area (Å²) in [7, 11) is 0. The number of aliphatic hydroxyl groups excluding tert-OH is 1. The molecular weight excluding hydrogens is 226 g/mol. The highest BCUT2D eigenvalue weighted by Crippen LogP contribution is 2.39. The highest BCUT2D eigenvalue weighted by Gasteiger charge is 2.33. The summed E-state index contributed by atoms with van der Waals surface area (Å²) in [6, 6.07) is 4.28. The van der Waals surface area contributed by atoms with E-state index in [1.54, 1.807) is 0 Å². The maximum absolute atomic E-state index is 10.2. The van der Waals surface area contributed by atoms with E-state index in [9.17, 15) is 5.11 Å². The zero-order valence-corrected chi connectivity index (χ0v) is 11.7. The molecule has 3 heteroatoms. The van der Waals surface area contributed by atoms with E-state index in [0.717, 1.165) is 24.4 Å². The van der Waals surface area contributed by atoms with Crippen molar-refractivity contribution in [3.63, 3.8) is 0 Å². The van der Waals surface area contributed by atoms with Gasteiger partial charge in [-0.1, -0.05) is 26.0 Å². The van der Waals surface area contributed by atoms with Gasteiger partial charge >= 0.3 is 0 Å². The number of benzene rings is 1. The molecule has 1 aromatic rings. The second kappa shape index (κ2) is 5.29. The van der Waals surface area contributed by atoms with Gasteiger partial charge in [0, 0.05) is 5.56 Å². The van der Waals surface area contributed by atoms with Crippen molar-refractivity contribution >= 4 is 0 Å². The van der Waals surface area contributed by atoms with Gasteiger partial charge in [0.15, 0.2) is 0 Å². The Morgan fingerprint density at radius 2 is 1.94 bits per heavy atom. The zero-order chi connectivity index (χ0) is 13.3. The molecule has 2 unspecified atom stereocenters. The molecule has 2 rings (SSSR count). The second-order valence-corrected chi connectivity index (χ2v) is 4.97. The molecule has 1 aliphatic heterocycles. The van der Waals surface area contributed by atoms with Crippen LogP contribution in [0, 0.1) is 13.8 Å². The molecule has 0 amide bonds. The standard InChI is InChI=1S/C15H23NO2/c1-5-16(6-2)14-12-8-7-10(3)11(4)15(12)18-9-13(14)17/h7-8,13-14,17H,5-6,9H2,1-4H3. The lowest BCUT2D eigenvalue weighted by Gasteiger charge is -2.38. The number of hydrogen-bond donors (Lipinski definition) is 1. The van der Waals surface area contributed by atoms with E-state index >= 15 is 0 Å². The number of hydrogen-bond acceptors (Lipinski definition) is 3. The quantitative estimate of drug-likeness (QED) is 0.893. The third-order valence-corrected chi connectivity index (χ3v) is 3.99. The first kappa shape index (κ1) is 13.4. The number of aliphatic hydroxyl groups is 1. The molecule has 0 aliphatic carbocycles. The Morgan fingerprint density at radius 1 is 1.28 bits per heavy atom. The minimum absolute atomic E-state index is 0.0584. The summed E-state index contributed by atoms with van der Waals surface area (Å²) in [4.78, 5) is 2.29. The van der Waals surface area contributed by atoms with Crippen molar-refractivity contribution in [2.75, 3.05) is 19.7 Å². The van der Waals surface area contributed by atoms with Gasteiger partial charge in [0.05, 0.1) is 6.04 Å². The fourth-order valence-corrected chi connectivity index (χ4v) is 2.76. The Labute approximate surface area is 109 Å². The minimum Gasteiger partial charge on any atom is -0.490 e. The minimum atomic E-state index is -0.445. The average molecular weight is 249 g/mol. The highest BCUT2D eigenvalue weighted by atomic mass is 16.5. The maximum atomic E-state index is 10.2. The van der Waals surface area contributed by atoms with Gasteiger partial charge in [-0.05, 0) is 38.1 Å². The molecule has 0 bridgehead atoms. The predicted molar refractivity (Wildman–Crippen MR) is 73.1 cm³/mol. The summed E-state index contributed by atoms with van der Waals surface area (Å²) in [5.41, 5.74) is 3.56. The summed E-state index contributed by atoms with van der Waals surface area (Å²) in [5.74, 6) is 0.970. The number of aryl methyl sites for hydroxylation is 1. The SMILES string of the molecule is CCN(CC)C1c2ccc(C)c(C)c2OCC1O. The lowest BCUT2D eigenvalue weighted by atomic mass is 9.92. The van der Waals surface area contributed by atoms with Crippen LogP contribution in [0.1, 0.15) is 36.6 Å². The van der Waals surface area contributed by atoms with Crippen LogP contribution in [0.5, 0.6) is 5.75 Å². The summed E-state index contributed by atoms with van der Waals surface area (Å²) in [6.07, 6.45) is -0.445. The van der Waals surface area contributed by atoms with Crippen molar-refractivity contribution in [2.24, 2.45) is 0 Å². The van der Waals surface area contributed by atoms with Crippen molar-refractivity contribution in [3.05, 3.63) is 28.8 Å². The predicted octanol–water partition coefficient (Wildman–Crippen LogP) is 2.44. The van der Waals surface area contributed by atoms with Crippen LogP contribution in [0.25, 0.3) is 0 Å². The molecule has 0 fully saturated rings. The van der Waals surface area contributed by atoms with Crippen molar-refractivity contribution in [3.8, 4) is 5.75 Å². The first-order valence-corrected chi connectivity index (χ1v) is 6.75. The Bertz CT molecular complexity index is 427. The molecule has 1 N–H and O–H groups in total. The van der Waals surface area contributed by atoms with E-state index in [0.29, 0.717) is 6.61 Å². The van der Waals surface area contributed by atoms with Crippen molar-refractivity contribution in [1.29, 1.82) is 0 Å². The van der Waals surface area contributed by atoms with Crippen LogP contribution in [0.2, 0.25) is 0 Å². The van der Waals surface area contributed by atoms with Gasteiger partial charge in [-0.3, -0.25) is 4.90 Å². The molecule has 0 saturated carbocycles. The average Bonchev–Trinajstić information content (AvgIpc) is 2.37. The summed E-state index contributed by atoms with van der Waals surface area (Å²) < 4.78 is 5.74. The molecule has 1 aromatic carbocycles. The van der Waals surface area contributed by atoms with E-state index in [4.69, 9.17) is 4.74 Å². The molecule has 3 nitrogen and oxygen atoms in total. The third kappa shape index (κ3) is 2.13. The molecule has 0 spiro atoms. The van der Waals surface area contributed by atoms with Crippen LogP contribution < -0.4 is 4.74 Å². The topological polar surface area (TPSA) is 32.7 Å². The summed E-state index contributed by atoms with van der Waals surface area (Å²) >= 11 is 0. The van der Waals surface area contributed by atoms with Gasteiger partial charge in [0.2, 0.25) is 0 Å². The van der Waals surface area contributed by atoms with E-state index in [-0.39, 0.29) is 6.04 Å². The monoisotopic (exact) mass is 249 g/mol. The Kier molecular flexibility index (Phi) is 3.93. The maximum Gasteiger partial charge on any atom is 0.127 e. The molecule has 0 radical (unpaired) electrons. The third-order valence-electron chi connectivity index (χ3n) is 3.99. The fourth-order valence-electron chi connectivity index (χ4n) is 2.76. The Balaban J connectivity index is 2.47. The van der Waals surface area contributed by atoms with Crippen LogP contribution in [0.3, 0.4) is 0 Å². The molecule has 18 heavy (non-hydrogen) atoms. The number of rotatable bonds is 3. The highest BCUT2D eigenvalue weighted by molar-refractivity contribution is 5.48. The van der Waals surface area contributed by atoms with Gasteiger partial charge in [0.1, 0.15) is 18.5 Å². The van der Waals surface area contributed by atoms with E-state index in [1.165, 1.54) is 11.1 Å². The summed E-state index contributed by atoms with van der Waals surface area (Å²) in [5, 5.41) is 10.2. The van der Waals surface area contributed by atoms with Gasteiger partial charge < -0.3 is 9.84 Å². The summed E-state index contributed by atoms with van der Waals surface area (Å²) in [6.45, 7) is 10.7. The van der Waals surface area contributed by atoms with Crippen LogP contribution >= 0.6 is 0 Å². The molecule has 1 aliphatic rings. The van der Waals surface area contributed by atoms with Crippen molar-refractivity contribution < 1.29 is 9.84 Å². The number of nitrogens with zero attached hydrogens (tertiary/aromatic N) is 1. The van der Waals surface area contributed by atoms with Crippen LogP contribution in [0.15, 0.2) is 12.1 Å². The molecule has 0 aromatic heterocycles. The van der Waals surface area contributed by atoms with Gasteiger partial charge in [-0.2, -0.15) is 0 Å². The largest absolute Gasteiger partial charge is 0.490 e. The van der Waals surface area contributed by atoms with E-state index in [1.807, 2.05) is 0 Å².